The zero-order chi connectivity index (χ0) is 10.2. The predicted molar refractivity (Wildman–Crippen MR) is 56.8 cm³/mol. The van der Waals surface area contributed by atoms with E-state index in [2.05, 4.69) is 16.5 Å². The van der Waals surface area contributed by atoms with Crippen LogP contribution in [0.3, 0.4) is 0 Å². The maximum Gasteiger partial charge on any atom is 0.0558 e. The average Bonchev–Trinajstić information content (AvgIpc) is 2.20. The van der Waals surface area contributed by atoms with Gasteiger partial charge >= 0.3 is 0 Å². The molecule has 1 N–H and O–H groups in total. The largest absolute Gasteiger partial charge is 0.395 e. The zero-order valence-electron chi connectivity index (χ0n) is 8.26. The van der Waals surface area contributed by atoms with E-state index in [9.17, 15) is 0 Å². The van der Waals surface area contributed by atoms with Crippen LogP contribution in [-0.4, -0.2) is 34.7 Å². The number of aromatic nitrogens is 1. The summed E-state index contributed by atoms with van der Waals surface area (Å²) in [6, 6.07) is 3.95. The second-order valence-electron chi connectivity index (χ2n) is 3.11. The van der Waals surface area contributed by atoms with E-state index >= 15 is 0 Å². The number of hydrogen-bond donors (Lipinski definition) is 1. The molecule has 0 aliphatic heterocycles. The summed E-state index contributed by atoms with van der Waals surface area (Å²) in [5.41, 5.74) is 1.16. The minimum atomic E-state index is 0.175. The average molecular weight is 192 g/mol. The van der Waals surface area contributed by atoms with Crippen molar-refractivity contribution in [3.8, 4) is 0 Å². The first-order chi connectivity index (χ1) is 6.86. The van der Waals surface area contributed by atoms with E-state index in [-0.39, 0.29) is 6.61 Å². The summed E-state index contributed by atoms with van der Waals surface area (Å²) >= 11 is 0. The smallest absolute Gasteiger partial charge is 0.0558 e. The Morgan fingerprint density at radius 2 is 2.43 bits per heavy atom. The summed E-state index contributed by atoms with van der Waals surface area (Å²) in [6.45, 7) is 6.12. The van der Waals surface area contributed by atoms with Gasteiger partial charge in [-0.1, -0.05) is 12.1 Å². The van der Waals surface area contributed by atoms with E-state index in [1.165, 1.54) is 0 Å². The van der Waals surface area contributed by atoms with Gasteiger partial charge < -0.3 is 5.11 Å². The third kappa shape index (κ3) is 3.68. The van der Waals surface area contributed by atoms with Gasteiger partial charge in [0.15, 0.2) is 0 Å². The number of aliphatic hydroxyl groups excluding tert-OH is 1. The molecule has 0 radical (unpaired) electrons. The normalized spacial score (nSPS) is 10.4. The monoisotopic (exact) mass is 192 g/mol. The maximum absolute atomic E-state index is 8.85. The summed E-state index contributed by atoms with van der Waals surface area (Å²) in [5, 5.41) is 8.85. The van der Waals surface area contributed by atoms with Crippen molar-refractivity contribution < 1.29 is 5.11 Å². The van der Waals surface area contributed by atoms with Gasteiger partial charge in [0.25, 0.3) is 0 Å². The second-order valence-corrected chi connectivity index (χ2v) is 3.11. The summed E-state index contributed by atoms with van der Waals surface area (Å²) < 4.78 is 0. The summed E-state index contributed by atoms with van der Waals surface area (Å²) in [5.74, 6) is 0. The Morgan fingerprint density at radius 3 is 3.00 bits per heavy atom. The summed E-state index contributed by atoms with van der Waals surface area (Å²) in [7, 11) is 0. The number of rotatable bonds is 6. The highest BCUT2D eigenvalue weighted by Gasteiger charge is 2.02. The van der Waals surface area contributed by atoms with Gasteiger partial charge in [0.1, 0.15) is 0 Å². The number of aliphatic hydroxyl groups is 1. The standard InChI is InChI=1S/C11H16N2O/c1-2-6-13(7-8-14)10-11-4-3-5-12-9-11/h2-5,9,14H,1,6-8,10H2. The molecule has 0 spiro atoms. The topological polar surface area (TPSA) is 36.4 Å². The molecule has 0 atom stereocenters. The Kier molecular flexibility index (Phi) is 4.89. The van der Waals surface area contributed by atoms with Crippen molar-refractivity contribution in [1.82, 2.24) is 9.88 Å². The van der Waals surface area contributed by atoms with Crippen LogP contribution in [0, 0.1) is 0 Å². The van der Waals surface area contributed by atoms with Crippen molar-refractivity contribution in [2.45, 2.75) is 6.54 Å². The molecule has 1 rings (SSSR count). The molecule has 0 aliphatic rings. The van der Waals surface area contributed by atoms with E-state index in [4.69, 9.17) is 5.11 Å². The van der Waals surface area contributed by atoms with E-state index < -0.39 is 0 Å². The lowest BCUT2D eigenvalue weighted by Crippen LogP contribution is -2.26. The molecular formula is C11H16N2O. The predicted octanol–water partition coefficient (Wildman–Crippen LogP) is 1.06. The fourth-order valence-corrected chi connectivity index (χ4v) is 1.31. The lowest BCUT2D eigenvalue weighted by atomic mass is 10.2. The molecule has 1 aromatic heterocycles. The lowest BCUT2D eigenvalue weighted by molar-refractivity contribution is 0.203. The molecule has 0 aromatic carbocycles. The quantitative estimate of drug-likeness (QED) is 0.685. The zero-order valence-corrected chi connectivity index (χ0v) is 8.26. The van der Waals surface area contributed by atoms with E-state index in [0.717, 1.165) is 18.7 Å². The molecule has 0 aliphatic carbocycles. The molecule has 0 saturated heterocycles. The van der Waals surface area contributed by atoms with Crippen LogP contribution in [0.2, 0.25) is 0 Å². The van der Waals surface area contributed by atoms with Crippen LogP contribution in [0.25, 0.3) is 0 Å². The van der Waals surface area contributed by atoms with Crippen LogP contribution < -0.4 is 0 Å². The Labute approximate surface area is 84.7 Å². The summed E-state index contributed by atoms with van der Waals surface area (Å²) in [4.78, 5) is 6.16. The third-order valence-corrected chi connectivity index (χ3v) is 1.93. The molecule has 1 aromatic rings. The van der Waals surface area contributed by atoms with Gasteiger partial charge in [-0.05, 0) is 11.6 Å². The molecule has 0 amide bonds. The van der Waals surface area contributed by atoms with Crippen LogP contribution in [0.15, 0.2) is 37.2 Å². The van der Waals surface area contributed by atoms with Crippen molar-refractivity contribution in [3.63, 3.8) is 0 Å². The lowest BCUT2D eigenvalue weighted by Gasteiger charge is -2.18. The van der Waals surface area contributed by atoms with Gasteiger partial charge in [-0.3, -0.25) is 9.88 Å². The van der Waals surface area contributed by atoms with Crippen molar-refractivity contribution in [2.24, 2.45) is 0 Å². The molecule has 0 bridgehead atoms. The van der Waals surface area contributed by atoms with Crippen LogP contribution >= 0.6 is 0 Å². The van der Waals surface area contributed by atoms with Crippen LogP contribution in [0.1, 0.15) is 5.56 Å². The molecule has 3 nitrogen and oxygen atoms in total. The molecule has 3 heteroatoms. The highest BCUT2D eigenvalue weighted by atomic mass is 16.3. The van der Waals surface area contributed by atoms with Crippen LogP contribution in [0.5, 0.6) is 0 Å². The Morgan fingerprint density at radius 1 is 1.57 bits per heavy atom. The Balaban J connectivity index is 2.50. The molecule has 1 heterocycles. The van der Waals surface area contributed by atoms with Gasteiger partial charge in [0.2, 0.25) is 0 Å². The van der Waals surface area contributed by atoms with Gasteiger partial charge in [-0.2, -0.15) is 0 Å². The van der Waals surface area contributed by atoms with Crippen LogP contribution in [0.4, 0.5) is 0 Å². The van der Waals surface area contributed by atoms with E-state index in [1.807, 2.05) is 24.4 Å². The molecular weight excluding hydrogens is 176 g/mol. The number of hydrogen-bond acceptors (Lipinski definition) is 3. The number of nitrogens with zero attached hydrogens (tertiary/aromatic N) is 2. The first-order valence-electron chi connectivity index (χ1n) is 4.70. The summed E-state index contributed by atoms with van der Waals surface area (Å²) in [6.07, 6.45) is 5.44. The van der Waals surface area contributed by atoms with Crippen molar-refractivity contribution >= 4 is 0 Å². The van der Waals surface area contributed by atoms with Gasteiger partial charge in [-0.15, -0.1) is 6.58 Å². The fourth-order valence-electron chi connectivity index (χ4n) is 1.31. The first kappa shape index (κ1) is 10.9. The molecule has 76 valence electrons. The Bertz CT molecular complexity index is 261. The molecule has 0 saturated carbocycles. The molecule has 0 fully saturated rings. The molecule has 0 unspecified atom stereocenters. The highest BCUT2D eigenvalue weighted by molar-refractivity contribution is 5.08. The fraction of sp³-hybridized carbons (Fsp3) is 0.364. The van der Waals surface area contributed by atoms with Gasteiger partial charge in [0.05, 0.1) is 6.61 Å². The first-order valence-corrected chi connectivity index (χ1v) is 4.70. The Hall–Kier alpha value is -1.19. The third-order valence-electron chi connectivity index (χ3n) is 1.93. The van der Waals surface area contributed by atoms with E-state index in [1.54, 1.807) is 6.20 Å². The molecule has 14 heavy (non-hydrogen) atoms. The van der Waals surface area contributed by atoms with Crippen molar-refractivity contribution in [2.75, 3.05) is 19.7 Å². The maximum atomic E-state index is 8.85. The highest BCUT2D eigenvalue weighted by Crippen LogP contribution is 2.01. The second kappa shape index (κ2) is 6.29. The SMILES string of the molecule is C=CCN(CCO)Cc1cccnc1. The van der Waals surface area contributed by atoms with Crippen molar-refractivity contribution in [3.05, 3.63) is 42.7 Å². The van der Waals surface area contributed by atoms with Crippen LogP contribution in [-0.2, 0) is 6.54 Å². The number of pyridine rings is 1. The van der Waals surface area contributed by atoms with Crippen molar-refractivity contribution in [1.29, 1.82) is 0 Å². The van der Waals surface area contributed by atoms with E-state index in [0.29, 0.717) is 6.54 Å². The minimum Gasteiger partial charge on any atom is -0.395 e. The minimum absolute atomic E-state index is 0.175. The van der Waals surface area contributed by atoms with Gasteiger partial charge in [0, 0.05) is 32.0 Å². The van der Waals surface area contributed by atoms with Gasteiger partial charge in [-0.25, -0.2) is 0 Å².